The maximum atomic E-state index is 5.37. The first-order valence-electron chi connectivity index (χ1n) is 7.04. The number of rotatable bonds is 6. The molecule has 20 heavy (non-hydrogen) atoms. The summed E-state index contributed by atoms with van der Waals surface area (Å²) in [4.78, 5) is 8.54. The van der Waals surface area contributed by atoms with E-state index >= 15 is 0 Å². The maximum absolute atomic E-state index is 5.37. The molecule has 2 aromatic rings. The average Bonchev–Trinajstić information content (AvgIpc) is 2.48. The number of ether oxygens (including phenoxy) is 1. The number of nitrogens with zero attached hydrogens (tertiary/aromatic N) is 2. The largest absolute Gasteiger partial charge is 0.478 e. The monoisotopic (exact) mass is 271 g/mol. The lowest BCUT2D eigenvalue weighted by Crippen LogP contribution is -2.10. The van der Waals surface area contributed by atoms with Gasteiger partial charge in [-0.3, -0.25) is 0 Å². The summed E-state index contributed by atoms with van der Waals surface area (Å²) in [5.41, 5.74) is 2.56. The van der Waals surface area contributed by atoms with Crippen LogP contribution >= 0.6 is 0 Å². The summed E-state index contributed by atoms with van der Waals surface area (Å²) >= 11 is 0. The van der Waals surface area contributed by atoms with Crippen LogP contribution in [0.3, 0.4) is 0 Å². The zero-order valence-corrected chi connectivity index (χ0v) is 12.3. The molecule has 0 radical (unpaired) electrons. The lowest BCUT2D eigenvalue weighted by atomic mass is 10.1. The van der Waals surface area contributed by atoms with Crippen molar-refractivity contribution in [2.45, 2.75) is 33.2 Å². The molecule has 1 heterocycles. The number of aromatic nitrogens is 2. The van der Waals surface area contributed by atoms with Gasteiger partial charge in [-0.15, -0.1) is 0 Å². The van der Waals surface area contributed by atoms with Crippen molar-refractivity contribution in [3.8, 4) is 5.88 Å². The van der Waals surface area contributed by atoms with E-state index in [-0.39, 0.29) is 6.04 Å². The summed E-state index contributed by atoms with van der Waals surface area (Å²) in [7, 11) is 0. The van der Waals surface area contributed by atoms with E-state index in [1.807, 2.05) is 6.92 Å². The van der Waals surface area contributed by atoms with Gasteiger partial charge in [-0.05, 0) is 31.4 Å². The van der Waals surface area contributed by atoms with Gasteiger partial charge in [-0.2, -0.15) is 4.98 Å². The van der Waals surface area contributed by atoms with Gasteiger partial charge in [0.05, 0.1) is 12.6 Å². The van der Waals surface area contributed by atoms with Crippen LogP contribution in [0.1, 0.15) is 37.9 Å². The first-order chi connectivity index (χ1) is 9.72. The molecule has 0 spiro atoms. The number of aryl methyl sites for hydroxylation is 1. The van der Waals surface area contributed by atoms with Crippen LogP contribution in [0.4, 0.5) is 5.95 Å². The molecule has 4 nitrogen and oxygen atoms in total. The molecule has 1 aromatic heterocycles. The van der Waals surface area contributed by atoms with Gasteiger partial charge in [0.2, 0.25) is 11.8 Å². The van der Waals surface area contributed by atoms with Crippen molar-refractivity contribution < 1.29 is 4.74 Å². The lowest BCUT2D eigenvalue weighted by Gasteiger charge is -2.15. The Morgan fingerprint density at radius 1 is 1.15 bits per heavy atom. The Hall–Kier alpha value is -2.10. The third-order valence-electron chi connectivity index (χ3n) is 3.16. The third-order valence-corrected chi connectivity index (χ3v) is 3.16. The molecule has 1 atom stereocenters. The van der Waals surface area contributed by atoms with Gasteiger partial charge in [-0.1, -0.05) is 31.2 Å². The van der Waals surface area contributed by atoms with Crippen LogP contribution in [-0.4, -0.2) is 16.6 Å². The van der Waals surface area contributed by atoms with Gasteiger partial charge >= 0.3 is 0 Å². The fourth-order valence-electron chi connectivity index (χ4n) is 1.96. The van der Waals surface area contributed by atoms with E-state index in [0.717, 1.165) is 6.42 Å². The third kappa shape index (κ3) is 3.70. The van der Waals surface area contributed by atoms with Crippen LogP contribution in [0.15, 0.2) is 36.5 Å². The Bertz CT molecular complexity index is 540. The van der Waals surface area contributed by atoms with Crippen LogP contribution < -0.4 is 10.1 Å². The minimum Gasteiger partial charge on any atom is -0.478 e. The van der Waals surface area contributed by atoms with E-state index in [1.165, 1.54) is 11.1 Å². The van der Waals surface area contributed by atoms with E-state index in [2.05, 4.69) is 53.4 Å². The average molecular weight is 271 g/mol. The SMILES string of the molecule is CCOc1ccnc(NC(C)c2ccc(CC)cc2)n1. The summed E-state index contributed by atoms with van der Waals surface area (Å²) in [6.45, 7) is 6.79. The molecule has 4 heteroatoms. The molecule has 0 bridgehead atoms. The molecular formula is C16H21N3O. The van der Waals surface area contributed by atoms with Crippen molar-refractivity contribution in [1.82, 2.24) is 9.97 Å². The van der Waals surface area contributed by atoms with Crippen molar-refractivity contribution >= 4 is 5.95 Å². The zero-order valence-electron chi connectivity index (χ0n) is 12.3. The highest BCUT2D eigenvalue weighted by atomic mass is 16.5. The molecule has 106 valence electrons. The second-order valence-electron chi connectivity index (χ2n) is 4.61. The number of nitrogens with one attached hydrogen (secondary N) is 1. The molecule has 0 fully saturated rings. The maximum Gasteiger partial charge on any atom is 0.226 e. The summed E-state index contributed by atoms with van der Waals surface area (Å²) in [5, 5.41) is 3.29. The second-order valence-corrected chi connectivity index (χ2v) is 4.61. The van der Waals surface area contributed by atoms with E-state index in [9.17, 15) is 0 Å². The molecule has 0 aliphatic carbocycles. The molecule has 0 aliphatic heterocycles. The van der Waals surface area contributed by atoms with E-state index < -0.39 is 0 Å². The molecule has 1 unspecified atom stereocenters. The standard InChI is InChI=1S/C16H21N3O/c1-4-13-6-8-14(9-7-13)12(3)18-16-17-11-10-15(19-16)20-5-2/h6-12H,4-5H2,1-3H3,(H,17,18,19). The van der Waals surface area contributed by atoms with Crippen LogP contribution in [0.25, 0.3) is 0 Å². The van der Waals surface area contributed by atoms with Gasteiger partial charge in [0.15, 0.2) is 0 Å². The topological polar surface area (TPSA) is 47.0 Å². The first-order valence-corrected chi connectivity index (χ1v) is 7.04. The molecule has 2 rings (SSSR count). The molecule has 1 aromatic carbocycles. The minimum atomic E-state index is 0.151. The first kappa shape index (κ1) is 14.3. The summed E-state index contributed by atoms with van der Waals surface area (Å²) in [6.07, 6.45) is 2.76. The number of hydrogen-bond acceptors (Lipinski definition) is 4. The van der Waals surface area contributed by atoms with Crippen LogP contribution in [0, 0.1) is 0 Å². The van der Waals surface area contributed by atoms with Crippen molar-refractivity contribution in [2.24, 2.45) is 0 Å². The van der Waals surface area contributed by atoms with E-state index in [1.54, 1.807) is 12.3 Å². The number of benzene rings is 1. The normalized spacial score (nSPS) is 11.9. The number of hydrogen-bond donors (Lipinski definition) is 1. The quantitative estimate of drug-likeness (QED) is 0.872. The number of anilines is 1. The highest BCUT2D eigenvalue weighted by molar-refractivity contribution is 5.34. The molecule has 0 amide bonds. The predicted octanol–water partition coefficient (Wildman–Crippen LogP) is 3.61. The minimum absolute atomic E-state index is 0.151. The van der Waals surface area contributed by atoms with Crippen molar-refractivity contribution in [2.75, 3.05) is 11.9 Å². The van der Waals surface area contributed by atoms with Gasteiger partial charge in [0.1, 0.15) is 0 Å². The molecule has 0 aliphatic rings. The van der Waals surface area contributed by atoms with Crippen LogP contribution in [0.2, 0.25) is 0 Å². The predicted molar refractivity (Wildman–Crippen MR) is 81.1 cm³/mol. The van der Waals surface area contributed by atoms with Gasteiger partial charge in [-0.25, -0.2) is 4.98 Å². The van der Waals surface area contributed by atoms with E-state index in [4.69, 9.17) is 4.74 Å². The Morgan fingerprint density at radius 2 is 1.90 bits per heavy atom. The van der Waals surface area contributed by atoms with Gasteiger partial charge in [0.25, 0.3) is 0 Å². The Morgan fingerprint density at radius 3 is 2.55 bits per heavy atom. The van der Waals surface area contributed by atoms with Crippen molar-refractivity contribution in [3.63, 3.8) is 0 Å². The lowest BCUT2D eigenvalue weighted by molar-refractivity contribution is 0.326. The Labute approximate surface area is 120 Å². The Kier molecular flexibility index (Phi) is 4.93. The molecular weight excluding hydrogens is 250 g/mol. The summed E-state index contributed by atoms with van der Waals surface area (Å²) in [6, 6.07) is 10.5. The summed E-state index contributed by atoms with van der Waals surface area (Å²) in [5.74, 6) is 1.18. The Balaban J connectivity index is 2.06. The highest BCUT2D eigenvalue weighted by Gasteiger charge is 2.07. The highest BCUT2D eigenvalue weighted by Crippen LogP contribution is 2.18. The van der Waals surface area contributed by atoms with Gasteiger partial charge < -0.3 is 10.1 Å². The van der Waals surface area contributed by atoms with Crippen LogP contribution in [-0.2, 0) is 6.42 Å². The molecule has 1 N–H and O–H groups in total. The smallest absolute Gasteiger partial charge is 0.226 e. The zero-order chi connectivity index (χ0) is 14.4. The molecule has 0 saturated heterocycles. The summed E-state index contributed by atoms with van der Waals surface area (Å²) < 4.78 is 5.37. The fraction of sp³-hybridized carbons (Fsp3) is 0.375. The van der Waals surface area contributed by atoms with Gasteiger partial charge in [0, 0.05) is 12.3 Å². The van der Waals surface area contributed by atoms with Crippen molar-refractivity contribution in [3.05, 3.63) is 47.7 Å². The molecule has 0 saturated carbocycles. The van der Waals surface area contributed by atoms with Crippen molar-refractivity contribution in [1.29, 1.82) is 0 Å². The van der Waals surface area contributed by atoms with Crippen LogP contribution in [0.5, 0.6) is 5.88 Å². The van der Waals surface area contributed by atoms with E-state index in [0.29, 0.717) is 18.4 Å². The second kappa shape index (κ2) is 6.89. The fourth-order valence-corrected chi connectivity index (χ4v) is 1.96.